The standard InChI is InChI=1S/C17H16F2O2/c1-10(2)17-15(20)8-11(9-16(17)21)6-7-12-13(18)4-3-5-14(12)19/h3-10,20-21H,1-2H3/b7-6+. The zero-order valence-electron chi connectivity index (χ0n) is 11.8. The van der Waals surface area contributed by atoms with Crippen molar-refractivity contribution in [2.24, 2.45) is 0 Å². The van der Waals surface area contributed by atoms with E-state index in [4.69, 9.17) is 0 Å². The lowest BCUT2D eigenvalue weighted by molar-refractivity contribution is 0.433. The van der Waals surface area contributed by atoms with E-state index in [-0.39, 0.29) is 23.0 Å². The van der Waals surface area contributed by atoms with E-state index in [1.54, 1.807) is 0 Å². The van der Waals surface area contributed by atoms with Crippen molar-refractivity contribution in [2.75, 3.05) is 0 Å². The van der Waals surface area contributed by atoms with E-state index < -0.39 is 11.6 Å². The van der Waals surface area contributed by atoms with E-state index in [1.807, 2.05) is 13.8 Å². The Hall–Kier alpha value is -2.36. The van der Waals surface area contributed by atoms with Gasteiger partial charge in [-0.3, -0.25) is 0 Å². The molecule has 0 radical (unpaired) electrons. The van der Waals surface area contributed by atoms with Gasteiger partial charge in [-0.05, 0) is 41.8 Å². The summed E-state index contributed by atoms with van der Waals surface area (Å²) in [4.78, 5) is 0. The molecule has 0 aliphatic carbocycles. The van der Waals surface area contributed by atoms with Gasteiger partial charge >= 0.3 is 0 Å². The fourth-order valence-electron chi connectivity index (χ4n) is 2.18. The molecule has 0 unspecified atom stereocenters. The van der Waals surface area contributed by atoms with E-state index in [2.05, 4.69) is 0 Å². The maximum atomic E-state index is 13.5. The zero-order chi connectivity index (χ0) is 15.6. The molecule has 21 heavy (non-hydrogen) atoms. The highest BCUT2D eigenvalue weighted by molar-refractivity contribution is 5.72. The lowest BCUT2D eigenvalue weighted by atomic mass is 9.98. The first kappa shape index (κ1) is 15.0. The van der Waals surface area contributed by atoms with Crippen molar-refractivity contribution < 1.29 is 19.0 Å². The molecule has 2 aromatic rings. The smallest absolute Gasteiger partial charge is 0.133 e. The number of benzene rings is 2. The first-order valence-electron chi connectivity index (χ1n) is 6.58. The minimum absolute atomic E-state index is 0.0351. The van der Waals surface area contributed by atoms with Crippen LogP contribution in [0.15, 0.2) is 30.3 Å². The Balaban J connectivity index is 2.39. The monoisotopic (exact) mass is 290 g/mol. The molecule has 0 aromatic heterocycles. The number of aromatic hydroxyl groups is 2. The van der Waals surface area contributed by atoms with Crippen LogP contribution >= 0.6 is 0 Å². The van der Waals surface area contributed by atoms with E-state index in [0.717, 1.165) is 0 Å². The summed E-state index contributed by atoms with van der Waals surface area (Å²) in [6.45, 7) is 3.69. The molecular formula is C17H16F2O2. The number of hydrogen-bond acceptors (Lipinski definition) is 2. The van der Waals surface area contributed by atoms with Crippen molar-refractivity contribution >= 4 is 12.2 Å². The van der Waals surface area contributed by atoms with Gasteiger partial charge in [-0.1, -0.05) is 26.0 Å². The van der Waals surface area contributed by atoms with Crippen molar-refractivity contribution in [1.29, 1.82) is 0 Å². The molecule has 0 heterocycles. The quantitative estimate of drug-likeness (QED) is 0.806. The van der Waals surface area contributed by atoms with Crippen LogP contribution in [0.5, 0.6) is 11.5 Å². The minimum atomic E-state index is -0.668. The molecule has 0 saturated carbocycles. The molecule has 2 rings (SSSR count). The van der Waals surface area contributed by atoms with Crippen LogP contribution in [0.3, 0.4) is 0 Å². The van der Waals surface area contributed by atoms with E-state index in [1.165, 1.54) is 42.5 Å². The lowest BCUT2D eigenvalue weighted by Crippen LogP contribution is -1.90. The average Bonchev–Trinajstić information content (AvgIpc) is 2.36. The first-order chi connectivity index (χ1) is 9.90. The Bertz CT molecular complexity index is 648. The Morgan fingerprint density at radius 1 is 0.952 bits per heavy atom. The molecule has 0 bridgehead atoms. The normalized spacial score (nSPS) is 11.5. The number of phenols is 2. The van der Waals surface area contributed by atoms with Crippen molar-refractivity contribution in [2.45, 2.75) is 19.8 Å². The van der Waals surface area contributed by atoms with E-state index in [0.29, 0.717) is 11.1 Å². The molecule has 0 amide bonds. The van der Waals surface area contributed by atoms with Crippen molar-refractivity contribution in [3.8, 4) is 11.5 Å². The van der Waals surface area contributed by atoms with Crippen molar-refractivity contribution in [3.63, 3.8) is 0 Å². The number of phenolic OH excluding ortho intramolecular Hbond substituents is 2. The first-order valence-corrected chi connectivity index (χ1v) is 6.58. The largest absolute Gasteiger partial charge is 0.507 e. The highest BCUT2D eigenvalue weighted by atomic mass is 19.1. The summed E-state index contributed by atoms with van der Waals surface area (Å²) in [6, 6.07) is 6.52. The summed E-state index contributed by atoms with van der Waals surface area (Å²) in [5, 5.41) is 19.8. The third-order valence-electron chi connectivity index (χ3n) is 3.18. The van der Waals surface area contributed by atoms with Crippen LogP contribution in [0.4, 0.5) is 8.78 Å². The molecule has 0 fully saturated rings. The molecule has 0 saturated heterocycles. The fraction of sp³-hybridized carbons (Fsp3) is 0.176. The Labute approximate surface area is 122 Å². The lowest BCUT2D eigenvalue weighted by Gasteiger charge is -2.11. The number of rotatable bonds is 3. The van der Waals surface area contributed by atoms with Gasteiger partial charge in [0.05, 0.1) is 0 Å². The highest BCUT2D eigenvalue weighted by Crippen LogP contribution is 2.35. The predicted octanol–water partition coefficient (Wildman–Crippen LogP) is 4.67. The summed E-state index contributed by atoms with van der Waals surface area (Å²) in [5.74, 6) is -1.46. The Morgan fingerprint density at radius 3 is 1.95 bits per heavy atom. The van der Waals surface area contributed by atoms with Gasteiger partial charge in [0, 0.05) is 11.1 Å². The van der Waals surface area contributed by atoms with Crippen LogP contribution in [0, 0.1) is 11.6 Å². The van der Waals surface area contributed by atoms with Gasteiger partial charge in [0.2, 0.25) is 0 Å². The second-order valence-corrected chi connectivity index (χ2v) is 5.10. The second kappa shape index (κ2) is 5.95. The molecule has 0 spiro atoms. The van der Waals surface area contributed by atoms with Gasteiger partial charge in [0.15, 0.2) is 0 Å². The van der Waals surface area contributed by atoms with Crippen LogP contribution in [-0.2, 0) is 0 Å². The zero-order valence-corrected chi connectivity index (χ0v) is 11.8. The molecular weight excluding hydrogens is 274 g/mol. The summed E-state index contributed by atoms with van der Waals surface area (Å²) < 4.78 is 27.0. The van der Waals surface area contributed by atoms with Gasteiger partial charge in [-0.15, -0.1) is 0 Å². The molecule has 4 heteroatoms. The van der Waals surface area contributed by atoms with Crippen molar-refractivity contribution in [1.82, 2.24) is 0 Å². The Morgan fingerprint density at radius 2 is 1.48 bits per heavy atom. The highest BCUT2D eigenvalue weighted by Gasteiger charge is 2.12. The molecule has 0 atom stereocenters. The van der Waals surface area contributed by atoms with E-state index >= 15 is 0 Å². The van der Waals surface area contributed by atoms with Crippen LogP contribution in [0.1, 0.15) is 36.5 Å². The molecule has 2 N–H and O–H groups in total. The van der Waals surface area contributed by atoms with Gasteiger partial charge in [0.25, 0.3) is 0 Å². The number of hydrogen-bond donors (Lipinski definition) is 2. The predicted molar refractivity (Wildman–Crippen MR) is 79.1 cm³/mol. The second-order valence-electron chi connectivity index (χ2n) is 5.10. The third kappa shape index (κ3) is 3.21. The number of halogens is 2. The van der Waals surface area contributed by atoms with E-state index in [9.17, 15) is 19.0 Å². The summed E-state index contributed by atoms with van der Waals surface area (Å²) in [6.07, 6.45) is 2.71. The molecule has 110 valence electrons. The Kier molecular flexibility index (Phi) is 4.26. The van der Waals surface area contributed by atoms with Crippen molar-refractivity contribution in [3.05, 3.63) is 58.7 Å². The average molecular weight is 290 g/mol. The maximum absolute atomic E-state index is 13.5. The van der Waals surface area contributed by atoms with Crippen LogP contribution in [0.2, 0.25) is 0 Å². The van der Waals surface area contributed by atoms with Crippen LogP contribution in [0.25, 0.3) is 12.2 Å². The molecule has 0 aliphatic heterocycles. The fourth-order valence-corrected chi connectivity index (χ4v) is 2.18. The summed E-state index contributed by atoms with van der Waals surface area (Å²) in [5.41, 5.74) is 0.741. The van der Waals surface area contributed by atoms with Gasteiger partial charge in [-0.2, -0.15) is 0 Å². The van der Waals surface area contributed by atoms with Gasteiger partial charge in [-0.25, -0.2) is 8.78 Å². The van der Waals surface area contributed by atoms with Gasteiger partial charge < -0.3 is 10.2 Å². The molecule has 2 aromatic carbocycles. The molecule has 2 nitrogen and oxygen atoms in total. The third-order valence-corrected chi connectivity index (χ3v) is 3.18. The van der Waals surface area contributed by atoms with Gasteiger partial charge in [0.1, 0.15) is 23.1 Å². The minimum Gasteiger partial charge on any atom is -0.507 e. The maximum Gasteiger partial charge on any atom is 0.133 e. The topological polar surface area (TPSA) is 40.5 Å². The van der Waals surface area contributed by atoms with Crippen LogP contribution < -0.4 is 0 Å². The SMILES string of the molecule is CC(C)c1c(O)cc(/C=C/c2c(F)cccc2F)cc1O. The van der Waals surface area contributed by atoms with Crippen LogP contribution in [-0.4, -0.2) is 10.2 Å². The molecule has 0 aliphatic rings. The summed E-state index contributed by atoms with van der Waals surface area (Å²) in [7, 11) is 0. The summed E-state index contributed by atoms with van der Waals surface area (Å²) >= 11 is 0.